The Morgan fingerprint density at radius 3 is 2.19 bits per heavy atom. The van der Waals surface area contributed by atoms with E-state index in [9.17, 15) is 16.8 Å². The van der Waals surface area contributed by atoms with Crippen molar-refractivity contribution in [1.29, 1.82) is 0 Å². The van der Waals surface area contributed by atoms with E-state index < -0.39 is 20.0 Å². The normalized spacial score (nSPS) is 12.9. The largest absolute Gasteiger partial charge is 0.258 e. The molecule has 0 saturated heterocycles. The number of aliphatic imine (C=N–C) groups is 1. The lowest BCUT2D eigenvalue weighted by atomic mass is 10.2. The van der Waals surface area contributed by atoms with Gasteiger partial charge in [0.15, 0.2) is 11.5 Å². The minimum atomic E-state index is -4.28. The summed E-state index contributed by atoms with van der Waals surface area (Å²) in [5, 5.41) is 5.79. The Kier molecular flexibility index (Phi) is 6.89. The van der Waals surface area contributed by atoms with Gasteiger partial charge in [-0.15, -0.1) is 0 Å². The van der Waals surface area contributed by atoms with Crippen LogP contribution in [0.25, 0.3) is 16.7 Å². The molecule has 0 spiro atoms. The second kappa shape index (κ2) is 9.76. The molecular formula is C23H24N7O4S2. The van der Waals surface area contributed by atoms with Crippen molar-refractivity contribution in [3.05, 3.63) is 74.0 Å². The van der Waals surface area contributed by atoms with Crippen LogP contribution in [-0.4, -0.2) is 58.6 Å². The van der Waals surface area contributed by atoms with Crippen molar-refractivity contribution in [2.45, 2.75) is 13.3 Å². The number of rotatable bonds is 8. The molecule has 36 heavy (non-hydrogen) atoms. The number of hydrogen-bond donors (Lipinski definition) is 0. The van der Waals surface area contributed by atoms with Gasteiger partial charge in [0.25, 0.3) is 0 Å². The lowest BCUT2D eigenvalue weighted by Crippen LogP contribution is -2.47. The Balaban J connectivity index is 1.90. The van der Waals surface area contributed by atoms with Crippen molar-refractivity contribution in [2.24, 2.45) is 4.99 Å². The molecule has 0 aliphatic carbocycles. The highest BCUT2D eigenvalue weighted by Crippen LogP contribution is 2.34. The van der Waals surface area contributed by atoms with E-state index in [4.69, 9.17) is 0 Å². The fraction of sp³-hybridized carbons (Fsp3) is 0.174. The molecular weight excluding hydrogens is 502 g/mol. The predicted octanol–water partition coefficient (Wildman–Crippen LogP) is 3.41. The van der Waals surface area contributed by atoms with E-state index in [-0.39, 0.29) is 11.5 Å². The number of hydrogen-bond acceptors (Lipinski definition) is 9. The number of nitrogens with zero attached hydrogens (tertiary/aromatic N) is 7. The zero-order chi connectivity index (χ0) is 26.1. The summed E-state index contributed by atoms with van der Waals surface area (Å²) in [6.45, 7) is 5.72. The Morgan fingerprint density at radius 2 is 1.61 bits per heavy atom. The van der Waals surface area contributed by atoms with Gasteiger partial charge in [-0.3, -0.25) is 4.99 Å². The third kappa shape index (κ3) is 5.12. The van der Waals surface area contributed by atoms with Gasteiger partial charge < -0.3 is 0 Å². The van der Waals surface area contributed by atoms with Gasteiger partial charge >= 0.3 is 0 Å². The first-order valence-corrected chi connectivity index (χ1v) is 14.4. The summed E-state index contributed by atoms with van der Waals surface area (Å²) in [6, 6.07) is 15.5. The highest BCUT2D eigenvalue weighted by atomic mass is 32.3. The van der Waals surface area contributed by atoms with Crippen LogP contribution in [0.5, 0.6) is 0 Å². The Bertz CT molecular complexity index is 1600. The van der Waals surface area contributed by atoms with E-state index in [1.165, 1.54) is 12.5 Å². The number of benzene rings is 2. The van der Waals surface area contributed by atoms with Gasteiger partial charge in [-0.2, -0.15) is 5.10 Å². The lowest BCUT2D eigenvalue weighted by Gasteiger charge is -2.31. The van der Waals surface area contributed by atoms with Crippen molar-refractivity contribution < 1.29 is 16.8 Å². The fourth-order valence-corrected chi connectivity index (χ4v) is 6.44. The molecule has 0 aliphatic rings. The molecule has 2 aromatic heterocycles. The standard InChI is InChI=1S/C23H24N7O4S2/c1-5-17(2)27-18-11-13-19(14-12-18)28-22-21(15-26-28)23(25-16-24-22)29(20-9-7-6-8-10-20)30(35(3,31)32)36(4,33)34/h6-16H,1,5H2,2-4H3. The SMILES string of the molecule is [CH2]CC(C)=Nc1ccc(-n2ncc3c(N(c4ccccc4)N(S(C)(=O)=O)S(C)(=O)=O)ncnc32)cc1. The van der Waals surface area contributed by atoms with Gasteiger partial charge in [0.2, 0.25) is 20.0 Å². The summed E-state index contributed by atoms with van der Waals surface area (Å²) >= 11 is 0. The number of anilines is 2. The van der Waals surface area contributed by atoms with Crippen molar-refractivity contribution in [2.75, 3.05) is 17.5 Å². The van der Waals surface area contributed by atoms with E-state index in [2.05, 4.69) is 27.0 Å². The molecule has 2 heterocycles. The monoisotopic (exact) mass is 526 g/mol. The summed E-state index contributed by atoms with van der Waals surface area (Å²) in [4.78, 5) is 13.1. The number of fused-ring (bicyclic) bond motifs is 1. The predicted molar refractivity (Wildman–Crippen MR) is 140 cm³/mol. The molecule has 11 nitrogen and oxygen atoms in total. The second-order valence-electron chi connectivity index (χ2n) is 7.96. The molecule has 0 atom stereocenters. The second-order valence-corrected chi connectivity index (χ2v) is 11.8. The van der Waals surface area contributed by atoms with E-state index in [0.717, 1.165) is 28.9 Å². The van der Waals surface area contributed by atoms with Gasteiger partial charge in [0.1, 0.15) is 6.33 Å². The van der Waals surface area contributed by atoms with Crippen molar-refractivity contribution in [1.82, 2.24) is 23.6 Å². The van der Waals surface area contributed by atoms with E-state index in [1.54, 1.807) is 35.0 Å². The molecule has 0 N–H and O–H groups in total. The number of para-hydroxylation sites is 1. The van der Waals surface area contributed by atoms with Crippen LogP contribution in [0.4, 0.5) is 17.2 Å². The highest BCUT2D eigenvalue weighted by Gasteiger charge is 2.37. The molecule has 187 valence electrons. The average Bonchev–Trinajstić information content (AvgIpc) is 3.26. The van der Waals surface area contributed by atoms with E-state index >= 15 is 0 Å². The molecule has 2 aromatic carbocycles. The maximum absolute atomic E-state index is 12.7. The van der Waals surface area contributed by atoms with Crippen LogP contribution in [0.2, 0.25) is 0 Å². The quantitative estimate of drug-likeness (QED) is 0.252. The van der Waals surface area contributed by atoms with Crippen LogP contribution in [-0.2, 0) is 20.0 Å². The minimum Gasteiger partial charge on any atom is -0.258 e. The summed E-state index contributed by atoms with van der Waals surface area (Å²) in [6.07, 6.45) is 4.91. The number of sulfonamides is 2. The molecule has 0 amide bonds. The van der Waals surface area contributed by atoms with Crippen LogP contribution >= 0.6 is 0 Å². The molecule has 0 unspecified atom stereocenters. The van der Waals surface area contributed by atoms with Crippen molar-refractivity contribution in [3.63, 3.8) is 0 Å². The molecule has 0 bridgehead atoms. The van der Waals surface area contributed by atoms with Crippen molar-refractivity contribution in [3.8, 4) is 5.69 Å². The van der Waals surface area contributed by atoms with E-state index in [1.807, 2.05) is 31.2 Å². The first kappa shape index (κ1) is 25.4. The molecule has 13 heteroatoms. The van der Waals surface area contributed by atoms with Gasteiger partial charge in [0, 0.05) is 9.53 Å². The maximum atomic E-state index is 12.7. The van der Waals surface area contributed by atoms with Gasteiger partial charge in [-0.1, -0.05) is 18.2 Å². The fourth-order valence-electron chi connectivity index (χ4n) is 3.54. The zero-order valence-electron chi connectivity index (χ0n) is 19.8. The third-order valence-corrected chi connectivity index (χ3v) is 8.14. The highest BCUT2D eigenvalue weighted by molar-refractivity contribution is 8.03. The molecule has 0 fully saturated rings. The topological polar surface area (TPSA) is 131 Å². The average molecular weight is 527 g/mol. The Morgan fingerprint density at radius 1 is 0.972 bits per heavy atom. The third-order valence-electron chi connectivity index (χ3n) is 5.05. The lowest BCUT2D eigenvalue weighted by molar-refractivity contribution is 0.507. The van der Waals surface area contributed by atoms with Crippen molar-refractivity contribution >= 4 is 54.0 Å². The van der Waals surface area contributed by atoms with Crippen LogP contribution in [0.15, 0.2) is 72.1 Å². The summed E-state index contributed by atoms with van der Waals surface area (Å²) < 4.78 is 52.6. The zero-order valence-corrected chi connectivity index (χ0v) is 21.5. The van der Waals surface area contributed by atoms with Crippen LogP contribution in [0.1, 0.15) is 13.3 Å². The van der Waals surface area contributed by atoms with E-state index in [0.29, 0.717) is 27.0 Å². The van der Waals surface area contributed by atoms with Crippen LogP contribution < -0.4 is 5.01 Å². The molecule has 4 rings (SSSR count). The van der Waals surface area contributed by atoms with Gasteiger partial charge in [-0.25, -0.2) is 36.5 Å². The van der Waals surface area contributed by atoms with Gasteiger partial charge in [0.05, 0.1) is 41.2 Å². The summed E-state index contributed by atoms with van der Waals surface area (Å²) in [7, 11) is -8.56. The number of hydrazine groups is 1. The molecule has 4 aromatic rings. The maximum Gasteiger partial charge on any atom is 0.242 e. The van der Waals surface area contributed by atoms with Crippen LogP contribution in [0, 0.1) is 6.92 Å². The summed E-state index contributed by atoms with van der Waals surface area (Å²) in [5.74, 6) is 0.0283. The molecule has 1 radical (unpaired) electrons. The molecule has 0 saturated carbocycles. The first-order chi connectivity index (χ1) is 17.0. The summed E-state index contributed by atoms with van der Waals surface area (Å²) in [5.41, 5.74) is 2.96. The minimum absolute atomic E-state index is 0.0283. The Labute approximate surface area is 209 Å². The molecule has 0 aliphatic heterocycles. The Hall–Kier alpha value is -3.68. The van der Waals surface area contributed by atoms with Crippen LogP contribution in [0.3, 0.4) is 0 Å². The van der Waals surface area contributed by atoms with Gasteiger partial charge in [-0.05, 0) is 56.7 Å². The number of aromatic nitrogens is 4. The smallest absolute Gasteiger partial charge is 0.242 e. The first-order valence-electron chi connectivity index (χ1n) is 10.7.